The van der Waals surface area contributed by atoms with Gasteiger partial charge in [-0.15, -0.1) is 24.0 Å². The number of guanidine groups is 1. The number of hydrogen-bond acceptors (Lipinski definition) is 2. The van der Waals surface area contributed by atoms with Crippen LogP contribution >= 0.6 is 24.0 Å². The number of nitrogens with one attached hydrogen (secondary N) is 1. The van der Waals surface area contributed by atoms with Crippen LogP contribution in [-0.4, -0.2) is 34.0 Å². The van der Waals surface area contributed by atoms with Gasteiger partial charge in [-0.3, -0.25) is 0 Å². The number of rotatable bonds is 5. The van der Waals surface area contributed by atoms with E-state index in [2.05, 4.69) is 20.9 Å². The molecule has 3 rings (SSSR count). The van der Waals surface area contributed by atoms with E-state index in [1.807, 2.05) is 50.2 Å². The van der Waals surface area contributed by atoms with Crippen LogP contribution < -0.4 is 5.32 Å². The molecule has 1 N–H and O–H groups in total. The molecule has 0 aliphatic heterocycles. The quantitative estimate of drug-likeness (QED) is 0.342. The van der Waals surface area contributed by atoms with Crippen LogP contribution in [0.4, 0.5) is 4.39 Å². The SMILES string of the molecule is CCNC(=NCc1nc2ccccc2n1C)N(C)Cc1cccc(F)c1.I. The standard InChI is InChI=1S/C20H24FN5.HI/c1-4-22-20(25(2)14-15-8-7-9-16(21)12-15)23-13-19-24-17-10-5-6-11-18(17)26(19)3;/h5-12H,4,13-14H2,1-3H3,(H,22,23);1H. The first-order valence-electron chi connectivity index (χ1n) is 8.72. The van der Waals surface area contributed by atoms with Gasteiger partial charge in [-0.25, -0.2) is 14.4 Å². The number of aryl methyl sites for hydroxylation is 1. The van der Waals surface area contributed by atoms with Gasteiger partial charge in [-0.05, 0) is 36.8 Å². The Balaban J connectivity index is 0.00000261. The van der Waals surface area contributed by atoms with E-state index < -0.39 is 0 Å². The third-order valence-electron chi connectivity index (χ3n) is 4.26. The molecular weight excluding hydrogens is 456 g/mol. The number of hydrogen-bond donors (Lipinski definition) is 1. The summed E-state index contributed by atoms with van der Waals surface area (Å²) in [6.07, 6.45) is 0. The third kappa shape index (κ3) is 5.18. The number of halogens is 2. The van der Waals surface area contributed by atoms with Crippen LogP contribution in [0.3, 0.4) is 0 Å². The molecule has 0 bridgehead atoms. The number of aromatic nitrogens is 2. The van der Waals surface area contributed by atoms with Crippen molar-refractivity contribution in [2.24, 2.45) is 12.0 Å². The Hall–Kier alpha value is -2.16. The largest absolute Gasteiger partial charge is 0.357 e. The monoisotopic (exact) mass is 481 g/mol. The zero-order valence-electron chi connectivity index (χ0n) is 15.8. The van der Waals surface area contributed by atoms with E-state index in [0.29, 0.717) is 13.1 Å². The molecule has 2 aromatic carbocycles. The summed E-state index contributed by atoms with van der Waals surface area (Å²) in [4.78, 5) is 11.4. The Labute approximate surface area is 176 Å². The fraction of sp³-hybridized carbons (Fsp3) is 0.300. The Morgan fingerprint density at radius 3 is 2.70 bits per heavy atom. The average molecular weight is 481 g/mol. The van der Waals surface area contributed by atoms with E-state index in [-0.39, 0.29) is 29.8 Å². The van der Waals surface area contributed by atoms with Crippen molar-refractivity contribution >= 4 is 41.0 Å². The molecule has 27 heavy (non-hydrogen) atoms. The molecule has 0 fully saturated rings. The number of aliphatic imine (C=N–C) groups is 1. The maximum atomic E-state index is 13.4. The van der Waals surface area contributed by atoms with Gasteiger partial charge in [0.2, 0.25) is 0 Å². The highest BCUT2D eigenvalue weighted by atomic mass is 127. The summed E-state index contributed by atoms with van der Waals surface area (Å²) in [5, 5.41) is 3.29. The van der Waals surface area contributed by atoms with Gasteiger partial charge >= 0.3 is 0 Å². The van der Waals surface area contributed by atoms with Crippen molar-refractivity contribution in [1.82, 2.24) is 19.8 Å². The molecule has 0 amide bonds. The van der Waals surface area contributed by atoms with E-state index in [9.17, 15) is 4.39 Å². The molecular formula is C20H25FIN5. The van der Waals surface area contributed by atoms with Crippen LogP contribution in [0.25, 0.3) is 11.0 Å². The molecule has 3 aromatic rings. The highest BCUT2D eigenvalue weighted by molar-refractivity contribution is 14.0. The van der Waals surface area contributed by atoms with Crippen molar-refractivity contribution in [3.05, 3.63) is 65.7 Å². The molecule has 0 aliphatic rings. The molecule has 144 valence electrons. The average Bonchev–Trinajstić information content (AvgIpc) is 2.95. The summed E-state index contributed by atoms with van der Waals surface area (Å²) < 4.78 is 15.5. The Kier molecular flexibility index (Phi) is 7.58. The third-order valence-corrected chi connectivity index (χ3v) is 4.26. The molecule has 1 aromatic heterocycles. The van der Waals surface area contributed by atoms with Crippen LogP contribution in [-0.2, 0) is 20.1 Å². The summed E-state index contributed by atoms with van der Waals surface area (Å²) in [5.41, 5.74) is 2.97. The van der Waals surface area contributed by atoms with E-state index in [4.69, 9.17) is 4.99 Å². The lowest BCUT2D eigenvalue weighted by Gasteiger charge is -2.22. The normalized spacial score (nSPS) is 11.3. The number of nitrogens with zero attached hydrogens (tertiary/aromatic N) is 4. The zero-order chi connectivity index (χ0) is 18.5. The van der Waals surface area contributed by atoms with Gasteiger partial charge in [-0.2, -0.15) is 0 Å². The molecule has 7 heteroatoms. The highest BCUT2D eigenvalue weighted by Crippen LogP contribution is 2.15. The summed E-state index contributed by atoms with van der Waals surface area (Å²) >= 11 is 0. The molecule has 0 unspecified atom stereocenters. The number of imidazole rings is 1. The van der Waals surface area contributed by atoms with Gasteiger partial charge in [0.15, 0.2) is 5.96 Å². The van der Waals surface area contributed by atoms with Gasteiger partial charge in [0, 0.05) is 27.2 Å². The first-order chi connectivity index (χ1) is 12.6. The predicted octanol–water partition coefficient (Wildman–Crippen LogP) is 3.93. The maximum absolute atomic E-state index is 13.4. The summed E-state index contributed by atoms with van der Waals surface area (Å²) in [6, 6.07) is 14.7. The van der Waals surface area contributed by atoms with Crippen molar-refractivity contribution < 1.29 is 4.39 Å². The van der Waals surface area contributed by atoms with E-state index >= 15 is 0 Å². The predicted molar refractivity (Wildman–Crippen MR) is 119 cm³/mol. The second kappa shape index (κ2) is 9.68. The van der Waals surface area contributed by atoms with Crippen LogP contribution in [0.2, 0.25) is 0 Å². The van der Waals surface area contributed by atoms with Gasteiger partial charge in [-0.1, -0.05) is 24.3 Å². The highest BCUT2D eigenvalue weighted by Gasteiger charge is 2.10. The van der Waals surface area contributed by atoms with Gasteiger partial charge in [0.1, 0.15) is 18.2 Å². The van der Waals surface area contributed by atoms with E-state index in [0.717, 1.165) is 34.9 Å². The molecule has 0 radical (unpaired) electrons. The minimum Gasteiger partial charge on any atom is -0.357 e. The fourth-order valence-corrected chi connectivity index (χ4v) is 2.94. The second-order valence-electron chi connectivity index (χ2n) is 6.23. The Bertz CT molecular complexity index is 922. The minimum atomic E-state index is -0.225. The molecule has 5 nitrogen and oxygen atoms in total. The maximum Gasteiger partial charge on any atom is 0.194 e. The van der Waals surface area contributed by atoms with Crippen molar-refractivity contribution in [2.45, 2.75) is 20.0 Å². The smallest absolute Gasteiger partial charge is 0.194 e. The Morgan fingerprint density at radius 1 is 1.22 bits per heavy atom. The number of fused-ring (bicyclic) bond motifs is 1. The first kappa shape index (κ1) is 21.1. The van der Waals surface area contributed by atoms with Crippen molar-refractivity contribution in [2.75, 3.05) is 13.6 Å². The van der Waals surface area contributed by atoms with Gasteiger partial charge in [0.25, 0.3) is 0 Å². The van der Waals surface area contributed by atoms with Crippen LogP contribution in [0.1, 0.15) is 18.3 Å². The lowest BCUT2D eigenvalue weighted by molar-refractivity contribution is 0.474. The van der Waals surface area contributed by atoms with Crippen LogP contribution in [0.5, 0.6) is 0 Å². The van der Waals surface area contributed by atoms with Crippen molar-refractivity contribution in [3.63, 3.8) is 0 Å². The summed E-state index contributed by atoms with van der Waals surface area (Å²) in [6.45, 7) is 3.84. The van der Waals surface area contributed by atoms with E-state index in [1.54, 1.807) is 12.1 Å². The molecule has 0 saturated carbocycles. The van der Waals surface area contributed by atoms with Crippen molar-refractivity contribution in [1.29, 1.82) is 0 Å². The zero-order valence-corrected chi connectivity index (χ0v) is 18.1. The fourth-order valence-electron chi connectivity index (χ4n) is 2.94. The minimum absolute atomic E-state index is 0. The molecule has 0 spiro atoms. The number of para-hydroxylation sites is 2. The van der Waals surface area contributed by atoms with Crippen molar-refractivity contribution in [3.8, 4) is 0 Å². The topological polar surface area (TPSA) is 45.5 Å². The van der Waals surface area contributed by atoms with E-state index in [1.165, 1.54) is 6.07 Å². The van der Waals surface area contributed by atoms with Gasteiger partial charge < -0.3 is 14.8 Å². The lowest BCUT2D eigenvalue weighted by Crippen LogP contribution is -2.38. The first-order valence-corrected chi connectivity index (χ1v) is 8.72. The van der Waals surface area contributed by atoms with Gasteiger partial charge in [0.05, 0.1) is 11.0 Å². The molecule has 0 atom stereocenters. The second-order valence-corrected chi connectivity index (χ2v) is 6.23. The Morgan fingerprint density at radius 2 is 2.00 bits per heavy atom. The summed E-state index contributed by atoms with van der Waals surface area (Å²) in [5.74, 6) is 1.45. The molecule has 0 saturated heterocycles. The summed E-state index contributed by atoms with van der Waals surface area (Å²) in [7, 11) is 3.95. The van der Waals surface area contributed by atoms with Crippen LogP contribution in [0.15, 0.2) is 53.5 Å². The molecule has 1 heterocycles. The number of benzene rings is 2. The molecule has 0 aliphatic carbocycles. The van der Waals surface area contributed by atoms with Crippen LogP contribution in [0, 0.1) is 5.82 Å². The lowest BCUT2D eigenvalue weighted by atomic mass is 10.2.